The maximum absolute atomic E-state index is 12.2. The van der Waals surface area contributed by atoms with Crippen molar-refractivity contribution in [3.63, 3.8) is 0 Å². The molecule has 1 saturated carbocycles. The molecule has 1 aromatic heterocycles. The molecule has 1 aliphatic heterocycles. The quantitative estimate of drug-likeness (QED) is 0.795. The summed E-state index contributed by atoms with van der Waals surface area (Å²) in [5.74, 6) is 0. The summed E-state index contributed by atoms with van der Waals surface area (Å²) in [5, 5.41) is 4.77. The van der Waals surface area contributed by atoms with Crippen LogP contribution in [0.15, 0.2) is 6.20 Å². The van der Waals surface area contributed by atoms with Crippen molar-refractivity contribution in [1.29, 1.82) is 0 Å². The minimum Gasteiger partial charge on any atom is -0.444 e. The van der Waals surface area contributed by atoms with Gasteiger partial charge in [-0.05, 0) is 45.6 Å². The number of fused-ring (bicyclic) bond motifs is 1. The normalized spacial score (nSPS) is 19.9. The molecule has 0 atom stereocenters. The van der Waals surface area contributed by atoms with Crippen LogP contribution in [-0.4, -0.2) is 32.9 Å². The maximum Gasteiger partial charge on any atom is 0.410 e. The zero-order valence-corrected chi connectivity index (χ0v) is 14.0. The molecule has 0 bridgehead atoms. The number of nitrogens with zero attached hydrogens (tertiary/aromatic N) is 3. The molecule has 1 amide bonds. The standard InChI is InChI=1S/C17H27N3O2/c1-17(2,3)22-16(21)19-10-9-13-11-20(18-15(13)12-19)14-7-5-4-6-8-14/h11,14H,4-10,12H2,1-3H3. The van der Waals surface area contributed by atoms with Gasteiger partial charge < -0.3 is 9.64 Å². The molecule has 0 unspecified atom stereocenters. The summed E-state index contributed by atoms with van der Waals surface area (Å²) in [4.78, 5) is 14.0. The largest absolute Gasteiger partial charge is 0.444 e. The van der Waals surface area contributed by atoms with Gasteiger partial charge in [-0.3, -0.25) is 4.68 Å². The van der Waals surface area contributed by atoms with E-state index in [0.717, 1.165) is 18.7 Å². The van der Waals surface area contributed by atoms with Crippen LogP contribution in [0.5, 0.6) is 0 Å². The van der Waals surface area contributed by atoms with Gasteiger partial charge in [0.2, 0.25) is 0 Å². The summed E-state index contributed by atoms with van der Waals surface area (Å²) < 4.78 is 7.62. The molecule has 0 aromatic carbocycles. The number of ether oxygens (including phenoxy) is 1. The first kappa shape index (κ1) is 15.4. The zero-order chi connectivity index (χ0) is 15.7. The second kappa shape index (κ2) is 5.94. The number of carbonyl (C=O) groups is 1. The van der Waals surface area contributed by atoms with Gasteiger partial charge in [0.05, 0.1) is 18.3 Å². The summed E-state index contributed by atoms with van der Waals surface area (Å²) in [6, 6.07) is 0.550. The summed E-state index contributed by atoms with van der Waals surface area (Å²) in [6.07, 6.45) is 9.28. The summed E-state index contributed by atoms with van der Waals surface area (Å²) in [7, 11) is 0. The van der Waals surface area contributed by atoms with E-state index in [0.29, 0.717) is 12.6 Å². The van der Waals surface area contributed by atoms with Crippen LogP contribution < -0.4 is 0 Å². The highest BCUT2D eigenvalue weighted by atomic mass is 16.6. The Morgan fingerprint density at radius 1 is 1.27 bits per heavy atom. The molecule has 1 fully saturated rings. The van der Waals surface area contributed by atoms with Gasteiger partial charge in [0, 0.05) is 12.7 Å². The molecule has 0 radical (unpaired) electrons. The van der Waals surface area contributed by atoms with Crippen LogP contribution in [0.25, 0.3) is 0 Å². The number of amides is 1. The molecule has 5 nitrogen and oxygen atoms in total. The lowest BCUT2D eigenvalue weighted by Crippen LogP contribution is -2.39. The van der Waals surface area contributed by atoms with Crippen molar-refractivity contribution in [2.45, 2.75) is 77.5 Å². The fourth-order valence-corrected chi connectivity index (χ4v) is 3.34. The molecule has 0 spiro atoms. The average Bonchev–Trinajstić information content (AvgIpc) is 2.89. The lowest BCUT2D eigenvalue weighted by Gasteiger charge is -2.29. The first-order chi connectivity index (χ1) is 10.4. The molecule has 122 valence electrons. The third kappa shape index (κ3) is 3.45. The van der Waals surface area contributed by atoms with Gasteiger partial charge in [-0.25, -0.2) is 4.79 Å². The van der Waals surface area contributed by atoms with Crippen LogP contribution in [-0.2, 0) is 17.7 Å². The monoisotopic (exact) mass is 305 g/mol. The van der Waals surface area contributed by atoms with Gasteiger partial charge >= 0.3 is 6.09 Å². The predicted molar refractivity (Wildman–Crippen MR) is 84.7 cm³/mol. The van der Waals surface area contributed by atoms with Crippen molar-refractivity contribution in [3.8, 4) is 0 Å². The van der Waals surface area contributed by atoms with Gasteiger partial charge in [0.1, 0.15) is 5.60 Å². The molecule has 3 rings (SSSR count). The Kier molecular flexibility index (Phi) is 4.15. The van der Waals surface area contributed by atoms with Gasteiger partial charge in [0.25, 0.3) is 0 Å². The smallest absolute Gasteiger partial charge is 0.410 e. The van der Waals surface area contributed by atoms with Crippen LogP contribution in [0.4, 0.5) is 4.79 Å². The predicted octanol–water partition coefficient (Wildman–Crippen LogP) is 3.68. The number of hydrogen-bond acceptors (Lipinski definition) is 3. The van der Waals surface area contributed by atoms with Crippen LogP contribution in [0.1, 0.15) is 70.2 Å². The van der Waals surface area contributed by atoms with Crippen molar-refractivity contribution in [1.82, 2.24) is 14.7 Å². The summed E-state index contributed by atoms with van der Waals surface area (Å²) in [6.45, 7) is 7.00. The van der Waals surface area contributed by atoms with Crippen molar-refractivity contribution in [2.75, 3.05) is 6.54 Å². The lowest BCUT2D eigenvalue weighted by molar-refractivity contribution is 0.0221. The van der Waals surface area contributed by atoms with Crippen molar-refractivity contribution in [3.05, 3.63) is 17.5 Å². The van der Waals surface area contributed by atoms with E-state index in [1.54, 1.807) is 4.90 Å². The number of rotatable bonds is 1. The highest BCUT2D eigenvalue weighted by molar-refractivity contribution is 5.68. The molecule has 22 heavy (non-hydrogen) atoms. The Balaban J connectivity index is 1.68. The van der Waals surface area contributed by atoms with E-state index in [1.807, 2.05) is 20.8 Å². The van der Waals surface area contributed by atoms with Gasteiger partial charge in [-0.15, -0.1) is 0 Å². The maximum atomic E-state index is 12.2. The second-order valence-electron chi connectivity index (χ2n) is 7.52. The Bertz CT molecular complexity index is 539. The van der Waals surface area contributed by atoms with Crippen molar-refractivity contribution < 1.29 is 9.53 Å². The van der Waals surface area contributed by atoms with E-state index in [9.17, 15) is 4.79 Å². The summed E-state index contributed by atoms with van der Waals surface area (Å²) in [5.41, 5.74) is 1.90. The zero-order valence-electron chi connectivity index (χ0n) is 14.0. The minimum absolute atomic E-state index is 0.231. The molecule has 2 heterocycles. The first-order valence-electron chi connectivity index (χ1n) is 8.47. The van der Waals surface area contributed by atoms with E-state index in [4.69, 9.17) is 9.84 Å². The Labute approximate surface area is 132 Å². The van der Waals surface area contributed by atoms with E-state index in [-0.39, 0.29) is 6.09 Å². The third-order valence-electron chi connectivity index (χ3n) is 4.49. The van der Waals surface area contributed by atoms with Crippen LogP contribution in [0.2, 0.25) is 0 Å². The van der Waals surface area contributed by atoms with Crippen LogP contribution in [0.3, 0.4) is 0 Å². The number of carbonyl (C=O) groups excluding carboxylic acids is 1. The Morgan fingerprint density at radius 3 is 2.68 bits per heavy atom. The Morgan fingerprint density at radius 2 is 2.00 bits per heavy atom. The minimum atomic E-state index is -0.446. The summed E-state index contributed by atoms with van der Waals surface area (Å²) >= 11 is 0. The SMILES string of the molecule is CC(C)(C)OC(=O)N1CCc2cn(C3CCCCC3)nc2C1. The molecule has 1 aliphatic carbocycles. The molecule has 0 saturated heterocycles. The Hall–Kier alpha value is -1.52. The highest BCUT2D eigenvalue weighted by Crippen LogP contribution is 2.29. The topological polar surface area (TPSA) is 47.4 Å². The van der Waals surface area contributed by atoms with E-state index in [2.05, 4.69) is 10.9 Å². The van der Waals surface area contributed by atoms with Gasteiger partial charge in [-0.2, -0.15) is 5.10 Å². The molecule has 2 aliphatic rings. The number of aromatic nitrogens is 2. The third-order valence-corrected chi connectivity index (χ3v) is 4.49. The average molecular weight is 305 g/mol. The number of hydrogen-bond donors (Lipinski definition) is 0. The van der Waals surface area contributed by atoms with E-state index in [1.165, 1.54) is 37.7 Å². The van der Waals surface area contributed by atoms with Crippen molar-refractivity contribution >= 4 is 6.09 Å². The molecule has 1 aromatic rings. The molecule has 5 heteroatoms. The van der Waals surface area contributed by atoms with E-state index < -0.39 is 5.60 Å². The highest BCUT2D eigenvalue weighted by Gasteiger charge is 2.28. The van der Waals surface area contributed by atoms with Crippen LogP contribution >= 0.6 is 0 Å². The fourth-order valence-electron chi connectivity index (χ4n) is 3.34. The van der Waals surface area contributed by atoms with E-state index >= 15 is 0 Å². The first-order valence-corrected chi connectivity index (χ1v) is 8.47. The molecular weight excluding hydrogens is 278 g/mol. The lowest BCUT2D eigenvalue weighted by atomic mass is 9.96. The fraction of sp³-hybridized carbons (Fsp3) is 0.765. The van der Waals surface area contributed by atoms with Gasteiger partial charge in [0.15, 0.2) is 0 Å². The second-order valence-corrected chi connectivity index (χ2v) is 7.52. The van der Waals surface area contributed by atoms with Crippen LogP contribution in [0, 0.1) is 0 Å². The molecular formula is C17H27N3O2. The van der Waals surface area contributed by atoms with Crippen molar-refractivity contribution in [2.24, 2.45) is 0 Å². The molecule has 0 N–H and O–H groups in total. The van der Waals surface area contributed by atoms with Gasteiger partial charge in [-0.1, -0.05) is 19.3 Å².